The molecule has 0 fully saturated rings. The van der Waals surface area contributed by atoms with Crippen LogP contribution in [0.15, 0.2) is 221 Å². The van der Waals surface area contributed by atoms with Gasteiger partial charge in [0.1, 0.15) is 22.3 Å². The molecule has 0 unspecified atom stereocenters. The number of furan rings is 2. The molecule has 294 valence electrons. The molecule has 0 saturated carbocycles. The Labute approximate surface area is 361 Å². The molecule has 0 aliphatic carbocycles. The molecule has 0 spiro atoms. The van der Waals surface area contributed by atoms with Crippen molar-refractivity contribution in [2.45, 2.75) is 0 Å². The van der Waals surface area contributed by atoms with Crippen molar-refractivity contribution in [3.63, 3.8) is 0 Å². The van der Waals surface area contributed by atoms with Gasteiger partial charge < -0.3 is 13.4 Å². The number of benzene rings is 9. The van der Waals surface area contributed by atoms with E-state index in [0.29, 0.717) is 5.82 Å². The van der Waals surface area contributed by atoms with Gasteiger partial charge in [0.05, 0.1) is 22.4 Å². The molecule has 63 heavy (non-hydrogen) atoms. The van der Waals surface area contributed by atoms with E-state index < -0.39 is 0 Å². The van der Waals surface area contributed by atoms with Gasteiger partial charge in [0.15, 0.2) is 5.82 Å². The van der Waals surface area contributed by atoms with Crippen molar-refractivity contribution >= 4 is 65.7 Å². The van der Waals surface area contributed by atoms with E-state index in [9.17, 15) is 0 Å². The first-order valence-corrected chi connectivity index (χ1v) is 21.2. The summed E-state index contributed by atoms with van der Waals surface area (Å²) in [6.45, 7) is 0. The third-order valence-corrected chi connectivity index (χ3v) is 12.4. The first-order chi connectivity index (χ1) is 31.2. The van der Waals surface area contributed by atoms with Crippen LogP contribution in [-0.4, -0.2) is 14.5 Å². The van der Waals surface area contributed by atoms with E-state index in [1.165, 1.54) is 0 Å². The number of fused-ring (bicyclic) bond motifs is 9. The minimum absolute atomic E-state index is 0.688. The van der Waals surface area contributed by atoms with Crippen LogP contribution in [0.3, 0.4) is 0 Å². The van der Waals surface area contributed by atoms with Gasteiger partial charge in [0, 0.05) is 65.8 Å². The van der Waals surface area contributed by atoms with Crippen LogP contribution < -0.4 is 0 Å². The summed E-state index contributed by atoms with van der Waals surface area (Å²) in [7, 11) is 0. The Bertz CT molecular complexity index is 3690. The molecular weight excluding hydrogens is 771 g/mol. The minimum Gasteiger partial charge on any atom is -0.455 e. The highest BCUT2D eigenvalue weighted by Crippen LogP contribution is 2.42. The van der Waals surface area contributed by atoms with Crippen LogP contribution in [0.2, 0.25) is 0 Å². The minimum atomic E-state index is 0.688. The third-order valence-electron chi connectivity index (χ3n) is 12.4. The highest BCUT2D eigenvalue weighted by atomic mass is 16.3. The molecule has 0 saturated heterocycles. The van der Waals surface area contributed by atoms with Crippen LogP contribution in [0.4, 0.5) is 0 Å². The standard InChI is InChI=1S/C58H35N3O2/c1-3-14-36(15-4-1)50-35-51(60-58(59-50)37-16-5-2-6-17-37)40-18-11-19-41(32-40)61-52-30-28-38(42-22-12-24-46-44-20-7-9-26-54(44)62-56(42)46)33-48(52)49-34-39(29-31-53(49)61)43-23-13-25-47-45-21-8-10-27-55(45)63-57(43)47/h1-35H. The molecule has 0 aliphatic rings. The van der Waals surface area contributed by atoms with E-state index in [1.807, 2.05) is 60.7 Å². The summed E-state index contributed by atoms with van der Waals surface area (Å²) in [4.78, 5) is 10.2. The topological polar surface area (TPSA) is 57.0 Å². The summed E-state index contributed by atoms with van der Waals surface area (Å²) in [6.07, 6.45) is 0. The zero-order valence-electron chi connectivity index (χ0n) is 33.9. The fourth-order valence-corrected chi connectivity index (χ4v) is 9.46. The number of hydrogen-bond donors (Lipinski definition) is 0. The first-order valence-electron chi connectivity index (χ1n) is 21.2. The second-order valence-electron chi connectivity index (χ2n) is 16.1. The Morgan fingerprint density at radius 2 is 0.794 bits per heavy atom. The van der Waals surface area contributed by atoms with Crippen molar-refractivity contribution in [1.82, 2.24) is 14.5 Å². The van der Waals surface area contributed by atoms with Gasteiger partial charge in [-0.25, -0.2) is 9.97 Å². The fourth-order valence-electron chi connectivity index (χ4n) is 9.46. The SMILES string of the molecule is c1ccc(-c2cc(-c3cccc(-n4c5ccc(-c6cccc7c6oc6ccccc67)cc5c5cc(-c6cccc7c6oc6ccccc67)ccc54)c3)nc(-c3ccccc3)n2)cc1. The maximum Gasteiger partial charge on any atom is 0.160 e. The lowest BCUT2D eigenvalue weighted by Gasteiger charge is -2.12. The van der Waals surface area contributed by atoms with E-state index >= 15 is 0 Å². The monoisotopic (exact) mass is 805 g/mol. The Morgan fingerprint density at radius 3 is 1.38 bits per heavy atom. The second-order valence-corrected chi connectivity index (χ2v) is 16.1. The van der Waals surface area contributed by atoms with Crippen molar-refractivity contribution in [3.05, 3.63) is 212 Å². The molecule has 4 heterocycles. The summed E-state index contributed by atoms with van der Waals surface area (Å²) in [5.41, 5.74) is 15.8. The largest absolute Gasteiger partial charge is 0.455 e. The zero-order chi connectivity index (χ0) is 41.4. The van der Waals surface area contributed by atoms with Crippen molar-refractivity contribution in [3.8, 4) is 61.8 Å². The van der Waals surface area contributed by atoms with E-state index in [4.69, 9.17) is 18.8 Å². The van der Waals surface area contributed by atoms with Crippen LogP contribution in [0.25, 0.3) is 128 Å². The number of aromatic nitrogens is 3. The van der Waals surface area contributed by atoms with Gasteiger partial charge in [-0.2, -0.15) is 0 Å². The van der Waals surface area contributed by atoms with Gasteiger partial charge in [-0.3, -0.25) is 0 Å². The Morgan fingerprint density at radius 1 is 0.317 bits per heavy atom. The van der Waals surface area contributed by atoms with Crippen molar-refractivity contribution in [1.29, 1.82) is 0 Å². The van der Waals surface area contributed by atoms with E-state index in [2.05, 4.69) is 156 Å². The fraction of sp³-hybridized carbons (Fsp3) is 0. The summed E-state index contributed by atoms with van der Waals surface area (Å²) in [5, 5.41) is 6.73. The Kier molecular flexibility index (Phi) is 7.84. The van der Waals surface area contributed by atoms with Gasteiger partial charge in [-0.05, 0) is 65.7 Å². The third kappa shape index (κ3) is 5.71. The predicted molar refractivity (Wildman–Crippen MR) is 258 cm³/mol. The lowest BCUT2D eigenvalue weighted by molar-refractivity contribution is 0.669. The van der Waals surface area contributed by atoms with Crippen LogP contribution >= 0.6 is 0 Å². The van der Waals surface area contributed by atoms with E-state index in [0.717, 1.165) is 122 Å². The molecule has 4 aromatic heterocycles. The van der Waals surface area contributed by atoms with Gasteiger partial charge >= 0.3 is 0 Å². The van der Waals surface area contributed by atoms with Crippen molar-refractivity contribution < 1.29 is 8.83 Å². The summed E-state index contributed by atoms with van der Waals surface area (Å²) < 4.78 is 15.5. The maximum absolute atomic E-state index is 6.56. The Balaban J connectivity index is 1.03. The van der Waals surface area contributed by atoms with Gasteiger partial charge in [0.25, 0.3) is 0 Å². The van der Waals surface area contributed by atoms with Crippen molar-refractivity contribution in [2.75, 3.05) is 0 Å². The number of nitrogens with zero attached hydrogens (tertiary/aromatic N) is 3. The highest BCUT2D eigenvalue weighted by molar-refractivity contribution is 6.15. The normalized spacial score (nSPS) is 11.8. The quantitative estimate of drug-likeness (QED) is 0.168. The summed E-state index contributed by atoms with van der Waals surface area (Å²) in [5.74, 6) is 0.688. The number of hydrogen-bond acceptors (Lipinski definition) is 4. The summed E-state index contributed by atoms with van der Waals surface area (Å²) >= 11 is 0. The number of rotatable bonds is 6. The first kappa shape index (κ1) is 35.2. The van der Waals surface area contributed by atoms with Crippen LogP contribution in [0.5, 0.6) is 0 Å². The smallest absolute Gasteiger partial charge is 0.160 e. The van der Waals surface area contributed by atoms with E-state index in [1.54, 1.807) is 0 Å². The average molecular weight is 806 g/mol. The van der Waals surface area contributed by atoms with Crippen LogP contribution in [-0.2, 0) is 0 Å². The van der Waals surface area contributed by atoms with Crippen LogP contribution in [0, 0.1) is 0 Å². The molecule has 5 heteroatoms. The highest BCUT2D eigenvalue weighted by Gasteiger charge is 2.20. The molecular formula is C58H35N3O2. The molecule has 0 aliphatic heterocycles. The summed E-state index contributed by atoms with van der Waals surface area (Å²) in [6, 6.07) is 74.4. The van der Waals surface area contributed by atoms with Gasteiger partial charge in [-0.1, -0.05) is 158 Å². The molecule has 0 radical (unpaired) electrons. The molecule has 9 aromatic carbocycles. The molecule has 13 aromatic rings. The molecule has 0 bridgehead atoms. The second kappa shape index (κ2) is 14.0. The lowest BCUT2D eigenvalue weighted by Crippen LogP contribution is -1.98. The molecule has 0 atom stereocenters. The number of para-hydroxylation sites is 4. The molecule has 13 rings (SSSR count). The predicted octanol–water partition coefficient (Wildman–Crippen LogP) is 15.7. The van der Waals surface area contributed by atoms with Crippen molar-refractivity contribution in [2.24, 2.45) is 0 Å². The Hall–Kier alpha value is -8.54. The van der Waals surface area contributed by atoms with E-state index in [-0.39, 0.29) is 0 Å². The average Bonchev–Trinajstić information content (AvgIpc) is 4.04. The van der Waals surface area contributed by atoms with Gasteiger partial charge in [-0.15, -0.1) is 0 Å². The molecule has 5 nitrogen and oxygen atoms in total. The van der Waals surface area contributed by atoms with Crippen LogP contribution in [0.1, 0.15) is 0 Å². The zero-order valence-corrected chi connectivity index (χ0v) is 33.9. The van der Waals surface area contributed by atoms with Gasteiger partial charge in [0.2, 0.25) is 0 Å². The lowest BCUT2D eigenvalue weighted by atomic mass is 9.98. The molecule has 0 amide bonds. The molecule has 0 N–H and O–H groups in total. The maximum atomic E-state index is 6.56.